The smallest absolute Gasteiger partial charge is 0.00123 e. The van der Waals surface area contributed by atoms with E-state index in [-0.39, 0.29) is 0 Å². The molecule has 104 valence electrons. The van der Waals surface area contributed by atoms with Gasteiger partial charge in [0.1, 0.15) is 0 Å². The maximum Gasteiger partial charge on any atom is 0.00123 e. The number of hydrogen-bond acceptors (Lipinski definition) is 2. The van der Waals surface area contributed by atoms with Gasteiger partial charge < -0.3 is 10.2 Å². The Morgan fingerprint density at radius 2 is 1.83 bits per heavy atom. The van der Waals surface area contributed by atoms with Crippen LogP contribution in [-0.4, -0.2) is 37.6 Å². The molecule has 0 aromatic rings. The fraction of sp³-hybridized carbons (Fsp3) is 1.00. The molecule has 2 nitrogen and oxygen atoms in total. The third kappa shape index (κ3) is 3.27. The van der Waals surface area contributed by atoms with E-state index in [0.717, 1.165) is 17.8 Å². The lowest BCUT2D eigenvalue weighted by molar-refractivity contribution is 0.0816. The summed E-state index contributed by atoms with van der Waals surface area (Å²) in [7, 11) is 0. The van der Waals surface area contributed by atoms with Crippen LogP contribution < -0.4 is 5.32 Å². The molecule has 0 amide bonds. The number of likely N-dealkylation sites (tertiary alicyclic amines) is 1. The van der Waals surface area contributed by atoms with Crippen molar-refractivity contribution < 1.29 is 0 Å². The van der Waals surface area contributed by atoms with Crippen molar-refractivity contribution in [3.63, 3.8) is 0 Å². The first-order chi connectivity index (χ1) is 8.92. The van der Waals surface area contributed by atoms with E-state index < -0.39 is 0 Å². The van der Waals surface area contributed by atoms with Crippen molar-refractivity contribution in [2.45, 2.75) is 51.4 Å². The topological polar surface area (TPSA) is 15.3 Å². The van der Waals surface area contributed by atoms with Crippen molar-refractivity contribution in [3.8, 4) is 0 Å². The summed E-state index contributed by atoms with van der Waals surface area (Å²) in [6, 6.07) is 0. The van der Waals surface area contributed by atoms with Gasteiger partial charge >= 0.3 is 0 Å². The second kappa shape index (κ2) is 6.38. The van der Waals surface area contributed by atoms with Crippen molar-refractivity contribution in [3.05, 3.63) is 0 Å². The Hall–Kier alpha value is -0.0800. The lowest BCUT2D eigenvalue weighted by Crippen LogP contribution is -2.43. The van der Waals surface area contributed by atoms with Crippen LogP contribution >= 0.6 is 0 Å². The largest absolute Gasteiger partial charge is 0.316 e. The highest BCUT2D eigenvalue weighted by Gasteiger charge is 2.30. The Kier molecular flexibility index (Phi) is 4.58. The zero-order valence-electron chi connectivity index (χ0n) is 11.9. The molecule has 0 aromatic heterocycles. The quantitative estimate of drug-likeness (QED) is 0.828. The lowest BCUT2D eigenvalue weighted by atomic mass is 9.75. The number of piperidine rings is 2. The number of hydrogen-bond donors (Lipinski definition) is 1. The highest BCUT2D eigenvalue weighted by Crippen LogP contribution is 2.36. The molecule has 18 heavy (non-hydrogen) atoms. The molecule has 1 N–H and O–H groups in total. The number of nitrogens with zero attached hydrogens (tertiary/aromatic N) is 1. The Balaban J connectivity index is 1.40. The van der Waals surface area contributed by atoms with E-state index in [0.29, 0.717) is 0 Å². The van der Waals surface area contributed by atoms with Crippen LogP contribution in [0.3, 0.4) is 0 Å². The molecule has 0 bridgehead atoms. The standard InChI is InChI=1S/C16H30N2/c1-2-6-16-13-18(11-8-15(16)5-1)10-7-14-4-3-9-17-12-14/h14-17H,1-13H2/t14-,15-,16+/m0/s1. The van der Waals surface area contributed by atoms with Crippen molar-refractivity contribution in [2.24, 2.45) is 17.8 Å². The minimum atomic E-state index is 0.961. The molecule has 0 unspecified atom stereocenters. The number of nitrogens with one attached hydrogen (secondary N) is 1. The number of fused-ring (bicyclic) bond motifs is 1. The van der Waals surface area contributed by atoms with E-state index in [4.69, 9.17) is 0 Å². The molecule has 1 aliphatic carbocycles. The molecule has 1 saturated carbocycles. The zero-order valence-corrected chi connectivity index (χ0v) is 11.9. The molecule has 3 rings (SSSR count). The summed E-state index contributed by atoms with van der Waals surface area (Å²) < 4.78 is 0. The van der Waals surface area contributed by atoms with Crippen LogP contribution in [0.4, 0.5) is 0 Å². The second-order valence-corrected chi connectivity index (χ2v) is 6.89. The summed E-state index contributed by atoms with van der Waals surface area (Å²) in [6.45, 7) is 6.71. The minimum absolute atomic E-state index is 0.961. The summed E-state index contributed by atoms with van der Waals surface area (Å²) in [5, 5.41) is 3.55. The molecular formula is C16H30N2. The van der Waals surface area contributed by atoms with E-state index >= 15 is 0 Å². The molecule has 2 saturated heterocycles. The Morgan fingerprint density at radius 1 is 0.944 bits per heavy atom. The van der Waals surface area contributed by atoms with E-state index in [9.17, 15) is 0 Å². The van der Waals surface area contributed by atoms with Crippen LogP contribution in [0, 0.1) is 17.8 Å². The third-order valence-electron chi connectivity index (χ3n) is 5.63. The molecule has 0 radical (unpaired) electrons. The van der Waals surface area contributed by atoms with Gasteiger partial charge in [0, 0.05) is 6.54 Å². The molecule has 2 heteroatoms. The molecule has 3 fully saturated rings. The summed E-state index contributed by atoms with van der Waals surface area (Å²) in [4.78, 5) is 2.78. The first kappa shape index (κ1) is 12.9. The van der Waals surface area contributed by atoms with Gasteiger partial charge in [-0.05, 0) is 76.0 Å². The SMILES string of the molecule is C1CNC[C@H](CCN2CC[C@@H]3CCCC[C@@H]3C2)C1. The molecule has 0 aromatic carbocycles. The first-order valence-electron chi connectivity index (χ1n) is 8.35. The maximum absolute atomic E-state index is 3.55. The Morgan fingerprint density at radius 3 is 2.67 bits per heavy atom. The normalized spacial score (nSPS) is 38.3. The van der Waals surface area contributed by atoms with Crippen LogP contribution in [0.5, 0.6) is 0 Å². The third-order valence-corrected chi connectivity index (χ3v) is 5.63. The Labute approximate surface area is 113 Å². The Bertz CT molecular complexity index is 247. The molecule has 2 aliphatic heterocycles. The van der Waals surface area contributed by atoms with Crippen LogP contribution in [-0.2, 0) is 0 Å². The van der Waals surface area contributed by atoms with Crippen molar-refractivity contribution in [2.75, 3.05) is 32.7 Å². The van der Waals surface area contributed by atoms with Gasteiger partial charge in [-0.25, -0.2) is 0 Å². The van der Waals surface area contributed by atoms with Gasteiger partial charge in [-0.3, -0.25) is 0 Å². The average molecular weight is 250 g/mol. The second-order valence-electron chi connectivity index (χ2n) is 6.89. The van der Waals surface area contributed by atoms with Crippen LogP contribution in [0.15, 0.2) is 0 Å². The number of rotatable bonds is 3. The van der Waals surface area contributed by atoms with Gasteiger partial charge in [0.2, 0.25) is 0 Å². The van der Waals surface area contributed by atoms with E-state index in [1.54, 1.807) is 0 Å². The highest BCUT2D eigenvalue weighted by molar-refractivity contribution is 4.84. The monoisotopic (exact) mass is 250 g/mol. The van der Waals surface area contributed by atoms with Gasteiger partial charge in [-0.1, -0.05) is 19.3 Å². The van der Waals surface area contributed by atoms with E-state index in [1.165, 1.54) is 84.1 Å². The molecular weight excluding hydrogens is 220 g/mol. The van der Waals surface area contributed by atoms with Gasteiger partial charge in [0.05, 0.1) is 0 Å². The average Bonchev–Trinajstić information content (AvgIpc) is 2.46. The predicted octanol–water partition coefficient (Wildman–Crippen LogP) is 2.89. The van der Waals surface area contributed by atoms with E-state index in [1.807, 2.05) is 0 Å². The summed E-state index contributed by atoms with van der Waals surface area (Å²) in [6.07, 6.45) is 11.9. The lowest BCUT2D eigenvalue weighted by Gasteiger charge is -2.41. The van der Waals surface area contributed by atoms with Crippen molar-refractivity contribution >= 4 is 0 Å². The predicted molar refractivity (Wildman–Crippen MR) is 76.7 cm³/mol. The van der Waals surface area contributed by atoms with Crippen molar-refractivity contribution in [1.29, 1.82) is 0 Å². The van der Waals surface area contributed by atoms with Gasteiger partial charge in [0.25, 0.3) is 0 Å². The van der Waals surface area contributed by atoms with Gasteiger partial charge in [-0.15, -0.1) is 0 Å². The molecule has 3 atom stereocenters. The minimum Gasteiger partial charge on any atom is -0.316 e. The first-order valence-corrected chi connectivity index (χ1v) is 8.35. The van der Waals surface area contributed by atoms with Crippen LogP contribution in [0.25, 0.3) is 0 Å². The van der Waals surface area contributed by atoms with Gasteiger partial charge in [-0.2, -0.15) is 0 Å². The van der Waals surface area contributed by atoms with E-state index in [2.05, 4.69) is 10.2 Å². The zero-order chi connectivity index (χ0) is 12.2. The fourth-order valence-electron chi connectivity index (χ4n) is 4.41. The molecule has 3 aliphatic rings. The summed E-state index contributed by atoms with van der Waals surface area (Å²) in [5.74, 6) is 3.10. The van der Waals surface area contributed by atoms with Gasteiger partial charge in [0.15, 0.2) is 0 Å². The molecule has 0 spiro atoms. The van der Waals surface area contributed by atoms with Crippen molar-refractivity contribution in [1.82, 2.24) is 10.2 Å². The fourth-order valence-corrected chi connectivity index (χ4v) is 4.41. The van der Waals surface area contributed by atoms with Crippen LogP contribution in [0.1, 0.15) is 51.4 Å². The van der Waals surface area contributed by atoms with Crippen LogP contribution in [0.2, 0.25) is 0 Å². The maximum atomic E-state index is 3.55. The summed E-state index contributed by atoms with van der Waals surface area (Å²) >= 11 is 0. The summed E-state index contributed by atoms with van der Waals surface area (Å²) in [5.41, 5.74) is 0. The molecule has 2 heterocycles. The highest BCUT2D eigenvalue weighted by atomic mass is 15.1.